The van der Waals surface area contributed by atoms with Crippen molar-refractivity contribution in [2.45, 2.75) is 83.5 Å². The van der Waals surface area contributed by atoms with E-state index in [2.05, 4.69) is 39.1 Å². The normalized spacial score (nSPS) is 27.1. The lowest BCUT2D eigenvalue weighted by Crippen LogP contribution is -2.47. The number of nitrogens with one attached hydrogen (secondary N) is 1. The van der Waals surface area contributed by atoms with E-state index in [9.17, 15) is 4.79 Å². The zero-order chi connectivity index (χ0) is 17.4. The van der Waals surface area contributed by atoms with Crippen molar-refractivity contribution in [3.63, 3.8) is 0 Å². The summed E-state index contributed by atoms with van der Waals surface area (Å²) in [5.41, 5.74) is 0.539. The van der Waals surface area contributed by atoms with E-state index in [-0.39, 0.29) is 24.4 Å². The zero-order valence-electron chi connectivity index (χ0n) is 15.6. The van der Waals surface area contributed by atoms with Crippen molar-refractivity contribution in [3.8, 4) is 0 Å². The molecule has 1 saturated heterocycles. The monoisotopic (exact) mass is 334 g/mol. The van der Waals surface area contributed by atoms with E-state index >= 15 is 0 Å². The van der Waals surface area contributed by atoms with Crippen LogP contribution in [0.15, 0.2) is 11.5 Å². The fraction of sp³-hybridized carbons (Fsp3) is 0.833. The molecule has 24 heavy (non-hydrogen) atoms. The van der Waals surface area contributed by atoms with Gasteiger partial charge in [-0.3, -0.25) is 0 Å². The molecule has 0 atom stereocenters. The summed E-state index contributed by atoms with van der Waals surface area (Å²) < 4.78 is 12.2. The van der Waals surface area contributed by atoms with Gasteiger partial charge in [-0.1, -0.05) is 25.3 Å². The van der Waals surface area contributed by atoms with Gasteiger partial charge in [-0.15, -0.1) is 0 Å². The molecule has 5 nitrogen and oxygen atoms in total. The highest BCUT2D eigenvalue weighted by Gasteiger charge is 2.52. The second-order valence-electron chi connectivity index (χ2n) is 8.35. The molecule has 2 aliphatic heterocycles. The largest absolute Gasteiger partial charge is 0.490 e. The smallest absolute Gasteiger partial charge is 0.400 e. The van der Waals surface area contributed by atoms with Crippen LogP contribution in [0, 0.1) is 0 Å². The molecule has 0 spiro atoms. The molecule has 1 saturated carbocycles. The minimum atomic E-state index is -0.312. The molecule has 0 aromatic carbocycles. The molecule has 2 heterocycles. The van der Waals surface area contributed by atoms with E-state index in [1.807, 2.05) is 4.90 Å². The first kappa shape index (κ1) is 17.8. The Labute approximate surface area is 146 Å². The first-order valence-corrected chi connectivity index (χ1v) is 9.38. The van der Waals surface area contributed by atoms with Crippen LogP contribution in [0.4, 0.5) is 4.79 Å². The van der Waals surface area contributed by atoms with E-state index in [0.29, 0.717) is 12.6 Å². The SMILES string of the molecule is CC1(C)OB(C2=CCN(C(=O)NC3CCCCC3)CC2)OC1(C)C. The van der Waals surface area contributed by atoms with Crippen LogP contribution in [0.3, 0.4) is 0 Å². The Morgan fingerprint density at radius 2 is 1.79 bits per heavy atom. The van der Waals surface area contributed by atoms with Crippen molar-refractivity contribution in [1.29, 1.82) is 0 Å². The van der Waals surface area contributed by atoms with Gasteiger partial charge in [-0.25, -0.2) is 4.79 Å². The molecule has 2 fully saturated rings. The maximum Gasteiger partial charge on any atom is 0.490 e. The number of urea groups is 1. The summed E-state index contributed by atoms with van der Waals surface area (Å²) in [4.78, 5) is 14.3. The molecule has 134 valence electrons. The van der Waals surface area contributed by atoms with Crippen molar-refractivity contribution in [3.05, 3.63) is 11.5 Å². The predicted molar refractivity (Wildman–Crippen MR) is 95.8 cm³/mol. The van der Waals surface area contributed by atoms with Crippen molar-refractivity contribution in [1.82, 2.24) is 10.2 Å². The van der Waals surface area contributed by atoms with Crippen LogP contribution in [0.2, 0.25) is 0 Å². The van der Waals surface area contributed by atoms with Gasteiger partial charge in [0.2, 0.25) is 0 Å². The first-order valence-electron chi connectivity index (χ1n) is 9.38. The van der Waals surface area contributed by atoms with Gasteiger partial charge < -0.3 is 19.5 Å². The fourth-order valence-corrected chi connectivity index (χ4v) is 3.59. The number of carbonyl (C=O) groups is 1. The summed E-state index contributed by atoms with van der Waals surface area (Å²) in [5.74, 6) is 0. The number of amides is 2. The van der Waals surface area contributed by atoms with E-state index in [1.54, 1.807) is 0 Å². The van der Waals surface area contributed by atoms with Gasteiger partial charge in [0.05, 0.1) is 11.2 Å². The summed E-state index contributed by atoms with van der Waals surface area (Å²) in [6.07, 6.45) is 8.92. The maximum absolute atomic E-state index is 12.4. The van der Waals surface area contributed by atoms with Crippen LogP contribution in [0.25, 0.3) is 0 Å². The van der Waals surface area contributed by atoms with Crippen molar-refractivity contribution >= 4 is 13.1 Å². The molecular formula is C18H31BN2O3. The molecule has 0 aromatic rings. The molecule has 3 aliphatic rings. The summed E-state index contributed by atoms with van der Waals surface area (Å²) in [6, 6.07) is 0.436. The van der Waals surface area contributed by atoms with Crippen LogP contribution < -0.4 is 5.32 Å². The minimum Gasteiger partial charge on any atom is -0.400 e. The lowest BCUT2D eigenvalue weighted by molar-refractivity contribution is 0.00578. The molecule has 1 aliphatic carbocycles. The third kappa shape index (κ3) is 3.64. The second kappa shape index (κ2) is 6.72. The van der Waals surface area contributed by atoms with E-state index < -0.39 is 0 Å². The summed E-state index contributed by atoms with van der Waals surface area (Å²) in [5, 5.41) is 3.19. The lowest BCUT2D eigenvalue weighted by atomic mass is 9.75. The number of nitrogens with zero attached hydrogens (tertiary/aromatic N) is 1. The highest BCUT2D eigenvalue weighted by Crippen LogP contribution is 2.39. The quantitative estimate of drug-likeness (QED) is 0.789. The number of carbonyl (C=O) groups excluding carboxylic acids is 1. The van der Waals surface area contributed by atoms with Gasteiger partial charge in [0.15, 0.2) is 0 Å². The van der Waals surface area contributed by atoms with Gasteiger partial charge in [-0.05, 0) is 52.4 Å². The molecule has 0 bridgehead atoms. The van der Waals surface area contributed by atoms with E-state index in [4.69, 9.17) is 9.31 Å². The topological polar surface area (TPSA) is 50.8 Å². The van der Waals surface area contributed by atoms with Crippen LogP contribution in [-0.2, 0) is 9.31 Å². The maximum atomic E-state index is 12.4. The molecule has 0 radical (unpaired) electrons. The molecule has 2 amide bonds. The van der Waals surface area contributed by atoms with Gasteiger partial charge in [0, 0.05) is 19.1 Å². The zero-order valence-corrected chi connectivity index (χ0v) is 15.6. The number of hydrogen-bond acceptors (Lipinski definition) is 3. The predicted octanol–water partition coefficient (Wildman–Crippen LogP) is 3.29. The average molecular weight is 334 g/mol. The van der Waals surface area contributed by atoms with Crippen molar-refractivity contribution in [2.75, 3.05) is 13.1 Å². The summed E-state index contributed by atoms with van der Waals surface area (Å²) in [7, 11) is -0.279. The Balaban J connectivity index is 1.53. The first-order chi connectivity index (χ1) is 11.3. The highest BCUT2D eigenvalue weighted by molar-refractivity contribution is 6.54. The van der Waals surface area contributed by atoms with Gasteiger partial charge in [-0.2, -0.15) is 0 Å². The molecule has 0 aromatic heterocycles. The Bertz CT molecular complexity index is 496. The van der Waals surface area contributed by atoms with Gasteiger partial charge in [0.1, 0.15) is 0 Å². The molecule has 1 N–H and O–H groups in total. The number of hydrogen-bond donors (Lipinski definition) is 1. The Hall–Kier alpha value is -1.01. The van der Waals surface area contributed by atoms with E-state index in [1.165, 1.54) is 19.3 Å². The van der Waals surface area contributed by atoms with Crippen molar-refractivity contribution < 1.29 is 14.1 Å². The summed E-state index contributed by atoms with van der Waals surface area (Å²) >= 11 is 0. The van der Waals surface area contributed by atoms with Crippen LogP contribution in [-0.4, -0.2) is 48.4 Å². The third-order valence-corrected chi connectivity index (χ3v) is 6.02. The Morgan fingerprint density at radius 3 is 2.33 bits per heavy atom. The standard InChI is InChI=1S/C18H31BN2O3/c1-17(2)18(3,4)24-19(23-17)14-10-12-21(13-11-14)16(22)20-15-8-6-5-7-9-15/h10,15H,5-9,11-13H2,1-4H3,(H,20,22). The van der Waals surface area contributed by atoms with Crippen LogP contribution in [0.1, 0.15) is 66.2 Å². The average Bonchev–Trinajstić information content (AvgIpc) is 2.76. The Morgan fingerprint density at radius 1 is 1.17 bits per heavy atom. The second-order valence-corrected chi connectivity index (χ2v) is 8.35. The van der Waals surface area contributed by atoms with E-state index in [0.717, 1.165) is 31.3 Å². The van der Waals surface area contributed by atoms with Gasteiger partial charge in [0.25, 0.3) is 0 Å². The summed E-state index contributed by atoms with van der Waals surface area (Å²) in [6.45, 7) is 9.65. The van der Waals surface area contributed by atoms with Crippen LogP contribution >= 0.6 is 0 Å². The highest BCUT2D eigenvalue weighted by atomic mass is 16.7. The minimum absolute atomic E-state index is 0.0751. The Kier molecular flexibility index (Phi) is 4.98. The van der Waals surface area contributed by atoms with Crippen LogP contribution in [0.5, 0.6) is 0 Å². The molecule has 3 rings (SSSR count). The van der Waals surface area contributed by atoms with Gasteiger partial charge >= 0.3 is 13.1 Å². The lowest BCUT2D eigenvalue weighted by Gasteiger charge is -2.32. The number of rotatable bonds is 2. The molecule has 6 heteroatoms. The molecule has 0 unspecified atom stereocenters. The fourth-order valence-electron chi connectivity index (χ4n) is 3.59. The third-order valence-electron chi connectivity index (χ3n) is 6.02. The molecular weight excluding hydrogens is 303 g/mol. The van der Waals surface area contributed by atoms with Crippen molar-refractivity contribution in [2.24, 2.45) is 0 Å².